The smallest absolute Gasteiger partial charge is 0.0596 e. The van der Waals surface area contributed by atoms with Crippen LogP contribution in [0.3, 0.4) is 0 Å². The Morgan fingerprint density at radius 3 is 2.47 bits per heavy atom. The third kappa shape index (κ3) is 4.64. The molecule has 1 N–H and O–H groups in total. The molecule has 0 spiro atoms. The molecule has 1 aromatic heterocycles. The van der Waals surface area contributed by atoms with Gasteiger partial charge in [0.05, 0.1) is 5.69 Å². The molecule has 0 aliphatic carbocycles. The molecule has 1 heterocycles. The summed E-state index contributed by atoms with van der Waals surface area (Å²) in [5.41, 5.74) is 2.51. The van der Waals surface area contributed by atoms with Crippen molar-refractivity contribution < 1.29 is 0 Å². The van der Waals surface area contributed by atoms with Crippen molar-refractivity contribution >= 4 is 0 Å². The van der Waals surface area contributed by atoms with E-state index in [-0.39, 0.29) is 0 Å². The molecular formula is C16H31N3. The van der Waals surface area contributed by atoms with E-state index < -0.39 is 0 Å². The second-order valence-corrected chi connectivity index (χ2v) is 5.95. The first-order valence-electron chi connectivity index (χ1n) is 7.76. The van der Waals surface area contributed by atoms with E-state index >= 15 is 0 Å². The van der Waals surface area contributed by atoms with E-state index in [2.05, 4.69) is 62.7 Å². The molecule has 1 aromatic rings. The quantitative estimate of drug-likeness (QED) is 0.780. The van der Waals surface area contributed by atoms with Crippen LogP contribution in [0.15, 0.2) is 6.07 Å². The lowest BCUT2D eigenvalue weighted by atomic mass is 9.85. The molecule has 0 radical (unpaired) electrons. The fourth-order valence-corrected chi connectivity index (χ4v) is 2.79. The molecule has 0 saturated heterocycles. The van der Waals surface area contributed by atoms with Crippen molar-refractivity contribution in [1.29, 1.82) is 0 Å². The normalized spacial score (nSPS) is 14.9. The van der Waals surface area contributed by atoms with Gasteiger partial charge in [0.2, 0.25) is 0 Å². The number of hydrogen-bond acceptors (Lipinski definition) is 2. The Morgan fingerprint density at radius 1 is 1.26 bits per heavy atom. The van der Waals surface area contributed by atoms with Gasteiger partial charge >= 0.3 is 0 Å². The standard InChI is InChI=1S/C16H31N3/c1-7-9-17-14(6)16(12(3)4)11-15-10-13(5)18-19(15)8-2/h10,12,14,16-17H,7-9,11H2,1-6H3. The highest BCUT2D eigenvalue weighted by atomic mass is 15.3. The summed E-state index contributed by atoms with van der Waals surface area (Å²) < 4.78 is 2.15. The predicted octanol–water partition coefficient (Wildman–Crippen LogP) is 3.41. The van der Waals surface area contributed by atoms with Crippen molar-refractivity contribution in [3.63, 3.8) is 0 Å². The maximum absolute atomic E-state index is 4.56. The SMILES string of the molecule is CCCNC(C)C(Cc1cc(C)nn1CC)C(C)C. The zero-order valence-electron chi connectivity index (χ0n) is 13.5. The summed E-state index contributed by atoms with van der Waals surface area (Å²) in [6.07, 6.45) is 2.31. The van der Waals surface area contributed by atoms with Crippen LogP contribution in [0.4, 0.5) is 0 Å². The van der Waals surface area contributed by atoms with Crippen molar-refractivity contribution in [3.8, 4) is 0 Å². The van der Waals surface area contributed by atoms with Crippen molar-refractivity contribution in [2.75, 3.05) is 6.54 Å². The average Bonchev–Trinajstić information content (AvgIpc) is 2.72. The molecule has 0 amide bonds. The van der Waals surface area contributed by atoms with Crippen LogP contribution in [0.25, 0.3) is 0 Å². The Kier molecular flexibility index (Phi) is 6.56. The molecule has 0 aliphatic heterocycles. The van der Waals surface area contributed by atoms with E-state index in [4.69, 9.17) is 0 Å². The van der Waals surface area contributed by atoms with Gasteiger partial charge in [-0.1, -0.05) is 20.8 Å². The Hall–Kier alpha value is -0.830. The van der Waals surface area contributed by atoms with Crippen LogP contribution in [0, 0.1) is 18.8 Å². The van der Waals surface area contributed by atoms with Crippen molar-refractivity contribution in [2.24, 2.45) is 11.8 Å². The number of nitrogens with one attached hydrogen (secondary N) is 1. The molecule has 2 unspecified atom stereocenters. The van der Waals surface area contributed by atoms with E-state index in [0.717, 1.165) is 25.2 Å². The highest BCUT2D eigenvalue weighted by Crippen LogP contribution is 2.21. The van der Waals surface area contributed by atoms with Gasteiger partial charge in [-0.25, -0.2) is 0 Å². The molecule has 19 heavy (non-hydrogen) atoms. The monoisotopic (exact) mass is 265 g/mol. The second-order valence-electron chi connectivity index (χ2n) is 5.95. The lowest BCUT2D eigenvalue weighted by molar-refractivity contribution is 0.283. The average molecular weight is 265 g/mol. The van der Waals surface area contributed by atoms with E-state index in [0.29, 0.717) is 17.9 Å². The number of aromatic nitrogens is 2. The number of rotatable bonds is 8. The third-order valence-corrected chi connectivity index (χ3v) is 3.94. The Labute approximate surface area is 118 Å². The fourth-order valence-electron chi connectivity index (χ4n) is 2.79. The summed E-state index contributed by atoms with van der Waals surface area (Å²) in [4.78, 5) is 0. The molecular weight excluding hydrogens is 234 g/mol. The van der Waals surface area contributed by atoms with Gasteiger partial charge in [0.25, 0.3) is 0 Å². The largest absolute Gasteiger partial charge is 0.314 e. The van der Waals surface area contributed by atoms with Crippen LogP contribution < -0.4 is 5.32 Å². The first-order chi connectivity index (χ1) is 8.99. The van der Waals surface area contributed by atoms with Gasteiger partial charge in [0.1, 0.15) is 0 Å². The molecule has 0 saturated carbocycles. The van der Waals surface area contributed by atoms with Gasteiger partial charge in [0.15, 0.2) is 0 Å². The van der Waals surface area contributed by atoms with Crippen LogP contribution in [-0.4, -0.2) is 22.4 Å². The zero-order chi connectivity index (χ0) is 14.4. The molecule has 0 fully saturated rings. The lowest BCUT2D eigenvalue weighted by Crippen LogP contribution is -2.38. The summed E-state index contributed by atoms with van der Waals surface area (Å²) >= 11 is 0. The lowest BCUT2D eigenvalue weighted by Gasteiger charge is -2.28. The van der Waals surface area contributed by atoms with Gasteiger partial charge in [0, 0.05) is 18.3 Å². The fraction of sp³-hybridized carbons (Fsp3) is 0.812. The van der Waals surface area contributed by atoms with Gasteiger partial charge < -0.3 is 5.32 Å². The van der Waals surface area contributed by atoms with Crippen LogP contribution in [0.5, 0.6) is 0 Å². The summed E-state index contributed by atoms with van der Waals surface area (Å²) in [5, 5.41) is 8.21. The predicted molar refractivity (Wildman–Crippen MR) is 82.4 cm³/mol. The summed E-state index contributed by atoms with van der Waals surface area (Å²) in [5.74, 6) is 1.34. The van der Waals surface area contributed by atoms with E-state index in [1.165, 1.54) is 12.1 Å². The Morgan fingerprint density at radius 2 is 1.95 bits per heavy atom. The van der Waals surface area contributed by atoms with Gasteiger partial charge in [-0.05, 0) is 58.1 Å². The summed E-state index contributed by atoms with van der Waals surface area (Å²) in [6.45, 7) is 15.5. The Balaban J connectivity index is 2.77. The molecule has 0 aliphatic rings. The first-order valence-corrected chi connectivity index (χ1v) is 7.76. The minimum atomic E-state index is 0.556. The topological polar surface area (TPSA) is 29.9 Å². The molecule has 0 bridgehead atoms. The molecule has 2 atom stereocenters. The van der Waals surface area contributed by atoms with E-state index in [1.54, 1.807) is 0 Å². The van der Waals surface area contributed by atoms with Crippen LogP contribution >= 0.6 is 0 Å². The molecule has 0 aromatic carbocycles. The number of nitrogens with zero attached hydrogens (tertiary/aromatic N) is 2. The second kappa shape index (κ2) is 7.68. The summed E-state index contributed by atoms with van der Waals surface area (Å²) in [6, 6.07) is 2.80. The van der Waals surface area contributed by atoms with Gasteiger partial charge in [-0.3, -0.25) is 4.68 Å². The van der Waals surface area contributed by atoms with Gasteiger partial charge in [-0.2, -0.15) is 5.10 Å². The highest BCUT2D eigenvalue weighted by Gasteiger charge is 2.22. The molecule has 110 valence electrons. The third-order valence-electron chi connectivity index (χ3n) is 3.94. The Bertz CT molecular complexity index is 368. The first kappa shape index (κ1) is 16.2. The van der Waals surface area contributed by atoms with Crippen molar-refractivity contribution in [3.05, 3.63) is 17.5 Å². The zero-order valence-corrected chi connectivity index (χ0v) is 13.5. The van der Waals surface area contributed by atoms with Crippen molar-refractivity contribution in [2.45, 2.75) is 67.0 Å². The van der Waals surface area contributed by atoms with Gasteiger partial charge in [-0.15, -0.1) is 0 Å². The maximum atomic E-state index is 4.56. The highest BCUT2D eigenvalue weighted by molar-refractivity contribution is 5.10. The maximum Gasteiger partial charge on any atom is 0.0596 e. The minimum absolute atomic E-state index is 0.556. The van der Waals surface area contributed by atoms with E-state index in [9.17, 15) is 0 Å². The van der Waals surface area contributed by atoms with Crippen LogP contribution in [0.2, 0.25) is 0 Å². The van der Waals surface area contributed by atoms with E-state index in [1.807, 2.05) is 0 Å². The molecule has 1 rings (SSSR count). The molecule has 3 heteroatoms. The van der Waals surface area contributed by atoms with Crippen LogP contribution in [0.1, 0.15) is 52.4 Å². The van der Waals surface area contributed by atoms with Crippen LogP contribution in [-0.2, 0) is 13.0 Å². The summed E-state index contributed by atoms with van der Waals surface area (Å²) in [7, 11) is 0. The molecule has 3 nitrogen and oxygen atoms in total. The van der Waals surface area contributed by atoms with Crippen molar-refractivity contribution in [1.82, 2.24) is 15.1 Å². The number of aryl methyl sites for hydroxylation is 2. The number of hydrogen-bond donors (Lipinski definition) is 1. The minimum Gasteiger partial charge on any atom is -0.314 e.